The third-order valence-electron chi connectivity index (χ3n) is 3.65. The third kappa shape index (κ3) is 3.39. The van der Waals surface area contributed by atoms with Crippen LogP contribution < -0.4 is 5.32 Å². The summed E-state index contributed by atoms with van der Waals surface area (Å²) in [5.41, 5.74) is -0.376. The molecule has 0 bridgehead atoms. The van der Waals surface area contributed by atoms with E-state index in [-0.39, 0.29) is 0 Å². The van der Waals surface area contributed by atoms with Gasteiger partial charge in [0, 0.05) is 11.1 Å². The average molecular weight is 307 g/mol. The molecule has 3 N–H and O–H groups in total. The van der Waals surface area contributed by atoms with E-state index in [1.54, 1.807) is 45.0 Å². The molecule has 1 amide bonds. The Hall–Kier alpha value is -2.08. The Balaban J connectivity index is 2.25. The van der Waals surface area contributed by atoms with Gasteiger partial charge in [0.1, 0.15) is 5.60 Å². The Morgan fingerprint density at radius 2 is 1.86 bits per heavy atom. The predicted octanol–water partition coefficient (Wildman–Crippen LogP) is 2.51. The van der Waals surface area contributed by atoms with Crippen molar-refractivity contribution in [3.63, 3.8) is 0 Å². The topological polar surface area (TPSA) is 95.9 Å². The van der Waals surface area contributed by atoms with Crippen LogP contribution in [0.15, 0.2) is 24.3 Å². The molecule has 1 aliphatic carbocycles. The molecule has 0 spiro atoms. The molecular formula is C16H21NO5. The SMILES string of the molecule is CC(C)(C)OC(=O)Nc1ccccc1C1(C(O)C(=O)O)CC1. The average Bonchev–Trinajstić information content (AvgIpc) is 3.17. The predicted molar refractivity (Wildman–Crippen MR) is 80.9 cm³/mol. The number of para-hydroxylation sites is 1. The maximum Gasteiger partial charge on any atom is 0.412 e. The summed E-state index contributed by atoms with van der Waals surface area (Å²) >= 11 is 0. The zero-order chi connectivity index (χ0) is 16.5. The highest BCUT2D eigenvalue weighted by molar-refractivity contribution is 5.87. The number of hydrogen-bond donors (Lipinski definition) is 3. The van der Waals surface area contributed by atoms with Crippen LogP contribution in [0, 0.1) is 0 Å². The number of aliphatic hydroxyl groups is 1. The summed E-state index contributed by atoms with van der Waals surface area (Å²) in [6, 6.07) is 6.89. The van der Waals surface area contributed by atoms with Gasteiger partial charge in [-0.3, -0.25) is 5.32 Å². The Morgan fingerprint density at radius 1 is 1.27 bits per heavy atom. The molecule has 22 heavy (non-hydrogen) atoms. The summed E-state index contributed by atoms with van der Waals surface area (Å²) in [6.07, 6.45) is -0.976. The number of amides is 1. The Bertz CT molecular complexity index is 586. The van der Waals surface area contributed by atoms with E-state index in [1.807, 2.05) is 0 Å². The highest BCUT2D eigenvalue weighted by Gasteiger charge is 2.54. The van der Waals surface area contributed by atoms with Crippen LogP contribution in [0.3, 0.4) is 0 Å². The quantitative estimate of drug-likeness (QED) is 0.794. The maximum atomic E-state index is 11.9. The second kappa shape index (κ2) is 5.61. The van der Waals surface area contributed by atoms with Gasteiger partial charge in [-0.2, -0.15) is 0 Å². The minimum Gasteiger partial charge on any atom is -0.479 e. The van der Waals surface area contributed by atoms with Gasteiger partial charge < -0.3 is 14.9 Å². The van der Waals surface area contributed by atoms with E-state index in [2.05, 4.69) is 5.32 Å². The van der Waals surface area contributed by atoms with Crippen LogP contribution in [0.2, 0.25) is 0 Å². The Morgan fingerprint density at radius 3 is 2.36 bits per heavy atom. The summed E-state index contributed by atoms with van der Waals surface area (Å²) < 4.78 is 5.21. The molecule has 1 aromatic rings. The summed E-state index contributed by atoms with van der Waals surface area (Å²) in [4.78, 5) is 23.0. The van der Waals surface area contributed by atoms with Gasteiger partial charge in [0.25, 0.3) is 0 Å². The molecule has 1 unspecified atom stereocenters. The molecule has 0 aliphatic heterocycles. The van der Waals surface area contributed by atoms with Crippen LogP contribution in [-0.2, 0) is 14.9 Å². The van der Waals surface area contributed by atoms with E-state index >= 15 is 0 Å². The van der Waals surface area contributed by atoms with Crippen LogP contribution >= 0.6 is 0 Å². The van der Waals surface area contributed by atoms with E-state index in [0.717, 1.165) is 0 Å². The molecule has 0 saturated heterocycles. The molecule has 1 fully saturated rings. The van der Waals surface area contributed by atoms with Crippen molar-refractivity contribution in [3.05, 3.63) is 29.8 Å². The highest BCUT2D eigenvalue weighted by atomic mass is 16.6. The van der Waals surface area contributed by atoms with Crippen LogP contribution in [-0.4, -0.2) is 34.0 Å². The molecule has 120 valence electrons. The molecule has 6 nitrogen and oxygen atoms in total. The number of carbonyl (C=O) groups is 2. The highest BCUT2D eigenvalue weighted by Crippen LogP contribution is 2.53. The van der Waals surface area contributed by atoms with Crippen molar-refractivity contribution < 1.29 is 24.5 Å². The van der Waals surface area contributed by atoms with Gasteiger partial charge in [0.2, 0.25) is 0 Å². The first-order valence-electron chi connectivity index (χ1n) is 7.16. The number of benzene rings is 1. The summed E-state index contributed by atoms with van der Waals surface area (Å²) in [6.45, 7) is 5.28. The lowest BCUT2D eigenvalue weighted by Gasteiger charge is -2.24. The summed E-state index contributed by atoms with van der Waals surface area (Å²) in [5.74, 6) is -1.26. The fourth-order valence-electron chi connectivity index (χ4n) is 2.50. The number of rotatable bonds is 4. The van der Waals surface area contributed by atoms with Gasteiger partial charge >= 0.3 is 12.1 Å². The lowest BCUT2D eigenvalue weighted by molar-refractivity contribution is -0.148. The second-order valence-corrected chi connectivity index (χ2v) is 6.57. The maximum absolute atomic E-state index is 11.9. The summed E-state index contributed by atoms with van der Waals surface area (Å²) in [5, 5.41) is 21.7. The minimum absolute atomic E-state index is 0.467. The number of aliphatic carboxylic acids is 1. The number of nitrogens with one attached hydrogen (secondary N) is 1. The molecule has 1 atom stereocenters. The van der Waals surface area contributed by atoms with E-state index in [1.165, 1.54) is 0 Å². The van der Waals surface area contributed by atoms with Gasteiger partial charge in [-0.05, 0) is 45.2 Å². The standard InChI is InChI=1S/C16H21NO5/c1-15(2,3)22-14(21)17-11-7-5-4-6-10(11)16(8-9-16)12(18)13(19)20/h4-7,12,18H,8-9H2,1-3H3,(H,17,21)(H,19,20). The molecule has 6 heteroatoms. The monoisotopic (exact) mass is 307 g/mol. The number of aliphatic hydroxyl groups excluding tert-OH is 1. The van der Waals surface area contributed by atoms with E-state index in [0.29, 0.717) is 24.1 Å². The van der Waals surface area contributed by atoms with Crippen LogP contribution in [0.25, 0.3) is 0 Å². The van der Waals surface area contributed by atoms with Gasteiger partial charge in [0.15, 0.2) is 6.10 Å². The fourth-order valence-corrected chi connectivity index (χ4v) is 2.50. The number of anilines is 1. The molecule has 2 rings (SSSR count). The largest absolute Gasteiger partial charge is 0.479 e. The van der Waals surface area contributed by atoms with E-state index in [9.17, 15) is 14.7 Å². The molecule has 1 saturated carbocycles. The molecule has 0 aromatic heterocycles. The fraction of sp³-hybridized carbons (Fsp3) is 0.500. The van der Waals surface area contributed by atoms with E-state index in [4.69, 9.17) is 9.84 Å². The van der Waals surface area contributed by atoms with Crippen molar-refractivity contribution >= 4 is 17.7 Å². The van der Waals surface area contributed by atoms with Crippen LogP contribution in [0.5, 0.6) is 0 Å². The van der Waals surface area contributed by atoms with Crippen molar-refractivity contribution in [1.29, 1.82) is 0 Å². The Kier molecular flexibility index (Phi) is 4.15. The van der Waals surface area contributed by atoms with Gasteiger partial charge in [-0.1, -0.05) is 18.2 Å². The smallest absolute Gasteiger partial charge is 0.412 e. The van der Waals surface area contributed by atoms with E-state index < -0.39 is 29.2 Å². The normalized spacial score (nSPS) is 17.5. The molecule has 0 radical (unpaired) electrons. The van der Waals surface area contributed by atoms with Crippen molar-refractivity contribution in [2.75, 3.05) is 5.32 Å². The van der Waals surface area contributed by atoms with Crippen molar-refractivity contribution in [1.82, 2.24) is 0 Å². The lowest BCUT2D eigenvalue weighted by Crippen LogP contribution is -2.35. The second-order valence-electron chi connectivity index (χ2n) is 6.57. The molecule has 1 aliphatic rings. The van der Waals surface area contributed by atoms with Crippen molar-refractivity contribution in [2.45, 2.75) is 50.7 Å². The Labute approximate surface area is 129 Å². The summed E-state index contributed by atoms with van der Waals surface area (Å²) in [7, 11) is 0. The van der Waals surface area contributed by atoms with Gasteiger partial charge in [-0.25, -0.2) is 9.59 Å². The number of carboxylic acid groups (broad SMARTS) is 1. The third-order valence-corrected chi connectivity index (χ3v) is 3.65. The number of hydrogen-bond acceptors (Lipinski definition) is 4. The van der Waals surface area contributed by atoms with Crippen LogP contribution in [0.4, 0.5) is 10.5 Å². The minimum atomic E-state index is -1.49. The molecule has 1 aromatic carbocycles. The van der Waals surface area contributed by atoms with Crippen molar-refractivity contribution in [2.24, 2.45) is 0 Å². The first kappa shape index (κ1) is 16.3. The van der Waals surface area contributed by atoms with Gasteiger partial charge in [0.05, 0.1) is 0 Å². The molecular weight excluding hydrogens is 286 g/mol. The van der Waals surface area contributed by atoms with Crippen LogP contribution in [0.1, 0.15) is 39.2 Å². The van der Waals surface area contributed by atoms with Crippen molar-refractivity contribution in [3.8, 4) is 0 Å². The number of ether oxygens (including phenoxy) is 1. The number of carboxylic acids is 1. The molecule has 0 heterocycles. The lowest BCUT2D eigenvalue weighted by atomic mass is 9.88. The first-order chi connectivity index (χ1) is 10.2. The zero-order valence-electron chi connectivity index (χ0n) is 12.9. The zero-order valence-corrected chi connectivity index (χ0v) is 12.9. The first-order valence-corrected chi connectivity index (χ1v) is 7.16. The van der Waals surface area contributed by atoms with Gasteiger partial charge in [-0.15, -0.1) is 0 Å². The number of carbonyl (C=O) groups excluding carboxylic acids is 1.